The van der Waals surface area contributed by atoms with E-state index in [1.165, 1.54) is 12.3 Å². The molecule has 2 aromatic heterocycles. The summed E-state index contributed by atoms with van der Waals surface area (Å²) in [5.41, 5.74) is 0.779. The molecule has 0 aliphatic heterocycles. The van der Waals surface area contributed by atoms with E-state index in [-0.39, 0.29) is 21.5 Å². The Hall–Kier alpha value is -3.16. The molecule has 0 spiro atoms. The summed E-state index contributed by atoms with van der Waals surface area (Å²) in [6, 6.07) is 17.3. The Balaban J connectivity index is 1.70. The van der Waals surface area contributed by atoms with Crippen LogP contribution in [0.4, 0.5) is 5.69 Å². The van der Waals surface area contributed by atoms with Gasteiger partial charge in [-0.1, -0.05) is 41.9 Å². The number of hydrogen-bond donors (Lipinski definition) is 1. The van der Waals surface area contributed by atoms with Crippen molar-refractivity contribution in [2.75, 3.05) is 4.72 Å². The Bertz CT molecular complexity index is 1310. The predicted octanol–water partition coefficient (Wildman–Crippen LogP) is 5.18. The Morgan fingerprint density at radius 2 is 1.76 bits per heavy atom. The third-order valence-electron chi connectivity index (χ3n) is 4.26. The van der Waals surface area contributed by atoms with Crippen LogP contribution in [0.3, 0.4) is 0 Å². The van der Waals surface area contributed by atoms with Crippen LogP contribution in [0.15, 0.2) is 78.0 Å². The Labute approximate surface area is 173 Å². The van der Waals surface area contributed by atoms with Crippen molar-refractivity contribution < 1.29 is 13.2 Å². The van der Waals surface area contributed by atoms with Crippen LogP contribution in [0, 0.1) is 6.92 Å². The van der Waals surface area contributed by atoms with Gasteiger partial charge in [0.05, 0.1) is 15.6 Å². The molecule has 2 aromatic carbocycles. The monoisotopic (exact) mass is 425 g/mol. The molecule has 0 amide bonds. The summed E-state index contributed by atoms with van der Waals surface area (Å²) in [6.07, 6.45) is 3.03. The van der Waals surface area contributed by atoms with Crippen molar-refractivity contribution in [3.63, 3.8) is 0 Å². The van der Waals surface area contributed by atoms with Crippen LogP contribution in [0.1, 0.15) is 5.69 Å². The summed E-state index contributed by atoms with van der Waals surface area (Å²) in [7, 11) is -3.89. The summed E-state index contributed by atoms with van der Waals surface area (Å²) < 4.78 is 34.3. The van der Waals surface area contributed by atoms with Crippen LogP contribution in [-0.4, -0.2) is 18.4 Å². The summed E-state index contributed by atoms with van der Waals surface area (Å²) >= 11 is 6.04. The molecule has 0 saturated carbocycles. The quantitative estimate of drug-likeness (QED) is 0.476. The first kappa shape index (κ1) is 19.2. The molecule has 0 unspecified atom stereocenters. The first-order valence-corrected chi connectivity index (χ1v) is 10.6. The maximum Gasteiger partial charge on any atom is 0.262 e. The van der Waals surface area contributed by atoms with Crippen molar-refractivity contribution in [2.24, 2.45) is 0 Å². The highest BCUT2D eigenvalue weighted by atomic mass is 35.5. The average molecular weight is 426 g/mol. The molecule has 6 nitrogen and oxygen atoms in total. The van der Waals surface area contributed by atoms with E-state index in [2.05, 4.69) is 14.7 Å². The number of sulfonamides is 1. The lowest BCUT2D eigenvalue weighted by Gasteiger charge is -2.14. The van der Waals surface area contributed by atoms with Gasteiger partial charge in [-0.15, -0.1) is 0 Å². The topological polar surface area (TPSA) is 81.2 Å². The second-order valence-corrected chi connectivity index (χ2v) is 8.43. The molecular weight excluding hydrogens is 410 g/mol. The number of anilines is 1. The number of aryl methyl sites for hydroxylation is 1. The highest BCUT2D eigenvalue weighted by Gasteiger charge is 2.19. The van der Waals surface area contributed by atoms with Crippen LogP contribution in [0.5, 0.6) is 11.6 Å². The second-order valence-electron chi connectivity index (χ2n) is 6.31. The summed E-state index contributed by atoms with van der Waals surface area (Å²) in [5.74, 6) is 0.545. The number of hydrogen-bond acceptors (Lipinski definition) is 5. The standard InChI is InChI=1S/C21H16ClN3O3S/c1-14-20(7-4-10-23-14)28-21-19(12-17(22)13-24-21)25-29(26,27)18-9-8-15-5-2-3-6-16(15)11-18/h2-13,25H,1H3. The molecule has 4 aromatic rings. The van der Waals surface area contributed by atoms with Gasteiger partial charge in [-0.3, -0.25) is 9.71 Å². The van der Waals surface area contributed by atoms with Gasteiger partial charge >= 0.3 is 0 Å². The summed E-state index contributed by atoms with van der Waals surface area (Å²) in [6.45, 7) is 1.78. The molecule has 4 rings (SSSR count). The number of ether oxygens (including phenoxy) is 1. The fraction of sp³-hybridized carbons (Fsp3) is 0.0476. The van der Waals surface area contributed by atoms with Gasteiger partial charge in [-0.25, -0.2) is 13.4 Å². The normalized spacial score (nSPS) is 11.4. The Kier molecular flexibility index (Phi) is 5.08. The van der Waals surface area contributed by atoms with E-state index in [9.17, 15) is 8.42 Å². The van der Waals surface area contributed by atoms with Crippen molar-refractivity contribution in [3.8, 4) is 11.6 Å². The fourth-order valence-electron chi connectivity index (χ4n) is 2.80. The highest BCUT2D eigenvalue weighted by molar-refractivity contribution is 7.92. The van der Waals surface area contributed by atoms with E-state index in [1.54, 1.807) is 43.5 Å². The van der Waals surface area contributed by atoms with Gasteiger partial charge in [0.1, 0.15) is 5.69 Å². The number of halogens is 1. The Morgan fingerprint density at radius 1 is 0.966 bits per heavy atom. The minimum absolute atomic E-state index is 0.0786. The lowest BCUT2D eigenvalue weighted by atomic mass is 10.1. The van der Waals surface area contributed by atoms with Crippen LogP contribution < -0.4 is 9.46 Å². The van der Waals surface area contributed by atoms with Gasteiger partial charge in [0.15, 0.2) is 5.75 Å². The van der Waals surface area contributed by atoms with E-state index in [0.717, 1.165) is 10.8 Å². The van der Waals surface area contributed by atoms with Crippen molar-refractivity contribution in [1.29, 1.82) is 0 Å². The van der Waals surface area contributed by atoms with E-state index >= 15 is 0 Å². The smallest absolute Gasteiger partial charge is 0.262 e. The van der Waals surface area contributed by atoms with Crippen molar-refractivity contribution in [3.05, 3.63) is 83.8 Å². The summed E-state index contributed by atoms with van der Waals surface area (Å²) in [4.78, 5) is 8.41. The van der Waals surface area contributed by atoms with Crippen molar-refractivity contribution >= 4 is 38.1 Å². The van der Waals surface area contributed by atoms with Gasteiger partial charge in [0.25, 0.3) is 10.0 Å². The summed E-state index contributed by atoms with van der Waals surface area (Å²) in [5, 5.41) is 2.05. The van der Waals surface area contributed by atoms with Gasteiger partial charge in [0, 0.05) is 12.4 Å². The van der Waals surface area contributed by atoms with E-state index in [4.69, 9.17) is 16.3 Å². The van der Waals surface area contributed by atoms with Gasteiger partial charge in [0.2, 0.25) is 5.88 Å². The SMILES string of the molecule is Cc1ncccc1Oc1ncc(Cl)cc1NS(=O)(=O)c1ccc2ccccc2c1. The number of nitrogens with one attached hydrogen (secondary N) is 1. The predicted molar refractivity (Wildman–Crippen MR) is 113 cm³/mol. The molecule has 0 atom stereocenters. The molecule has 8 heteroatoms. The minimum Gasteiger partial charge on any atom is -0.435 e. The van der Waals surface area contributed by atoms with Crippen LogP contribution in [0.25, 0.3) is 10.8 Å². The van der Waals surface area contributed by atoms with Crippen LogP contribution in [-0.2, 0) is 10.0 Å². The number of benzene rings is 2. The molecule has 0 radical (unpaired) electrons. The number of aromatic nitrogens is 2. The molecule has 29 heavy (non-hydrogen) atoms. The Morgan fingerprint density at radius 3 is 2.55 bits per heavy atom. The number of rotatable bonds is 5. The lowest BCUT2D eigenvalue weighted by Crippen LogP contribution is -2.14. The van der Waals surface area contributed by atoms with Crippen LogP contribution >= 0.6 is 11.6 Å². The van der Waals surface area contributed by atoms with Crippen LogP contribution in [0.2, 0.25) is 5.02 Å². The highest BCUT2D eigenvalue weighted by Crippen LogP contribution is 2.32. The molecule has 0 aliphatic carbocycles. The zero-order valence-electron chi connectivity index (χ0n) is 15.3. The van der Waals surface area contributed by atoms with E-state index in [0.29, 0.717) is 11.4 Å². The zero-order valence-corrected chi connectivity index (χ0v) is 16.9. The number of fused-ring (bicyclic) bond motifs is 1. The maximum absolute atomic E-state index is 13.0. The number of pyridine rings is 2. The fourth-order valence-corrected chi connectivity index (χ4v) is 4.04. The van der Waals surface area contributed by atoms with Crippen molar-refractivity contribution in [2.45, 2.75) is 11.8 Å². The molecular formula is C21H16ClN3O3S. The average Bonchev–Trinajstić information content (AvgIpc) is 2.71. The third kappa shape index (κ3) is 4.16. The molecule has 0 aliphatic rings. The zero-order chi connectivity index (χ0) is 20.4. The number of nitrogens with zero attached hydrogens (tertiary/aromatic N) is 2. The molecule has 0 saturated heterocycles. The van der Waals surface area contributed by atoms with Crippen molar-refractivity contribution in [1.82, 2.24) is 9.97 Å². The van der Waals surface area contributed by atoms with Gasteiger partial charge in [-0.05, 0) is 48.0 Å². The second kappa shape index (κ2) is 7.69. The minimum atomic E-state index is -3.89. The van der Waals surface area contributed by atoms with Gasteiger partial charge < -0.3 is 4.74 Å². The molecule has 0 bridgehead atoms. The molecule has 146 valence electrons. The van der Waals surface area contributed by atoms with Gasteiger partial charge in [-0.2, -0.15) is 0 Å². The molecule has 1 N–H and O–H groups in total. The first-order chi connectivity index (χ1) is 13.9. The largest absolute Gasteiger partial charge is 0.435 e. The van der Waals surface area contributed by atoms with E-state index in [1.807, 2.05) is 24.3 Å². The molecule has 0 fully saturated rings. The first-order valence-electron chi connectivity index (χ1n) is 8.69. The third-order valence-corrected chi connectivity index (χ3v) is 5.83. The van der Waals surface area contributed by atoms with E-state index < -0.39 is 10.0 Å². The molecule has 2 heterocycles. The lowest BCUT2D eigenvalue weighted by molar-refractivity contribution is 0.459. The maximum atomic E-state index is 13.0.